The molecule has 0 bridgehead atoms. The van der Waals surface area contributed by atoms with Crippen molar-refractivity contribution in [1.29, 1.82) is 0 Å². The minimum Gasteiger partial charge on any atom is -0.508 e. The Morgan fingerprint density at radius 3 is 2.26 bits per heavy atom. The Morgan fingerprint density at radius 2 is 1.60 bits per heavy atom. The fourth-order valence-corrected chi connectivity index (χ4v) is 3.62. The number of aromatic nitrogens is 1. The molecule has 0 spiro atoms. The molecule has 1 unspecified atom stereocenters. The lowest BCUT2D eigenvalue weighted by Crippen LogP contribution is -2.60. The first kappa shape index (κ1) is 24.4. The molecule has 1 aromatic heterocycles. The van der Waals surface area contributed by atoms with E-state index in [0.717, 1.165) is 5.56 Å². The van der Waals surface area contributed by atoms with Crippen molar-refractivity contribution in [2.24, 2.45) is 0 Å². The van der Waals surface area contributed by atoms with E-state index < -0.39 is 42.6 Å². The Morgan fingerprint density at radius 1 is 0.914 bits per heavy atom. The van der Waals surface area contributed by atoms with Gasteiger partial charge in [0.2, 0.25) is 6.29 Å². The van der Waals surface area contributed by atoms with E-state index >= 15 is 0 Å². The van der Waals surface area contributed by atoms with Gasteiger partial charge in [-0.1, -0.05) is 30.3 Å². The summed E-state index contributed by atoms with van der Waals surface area (Å²) in [5.41, 5.74) is 1.94. The molecule has 0 radical (unpaired) electrons. The van der Waals surface area contributed by atoms with E-state index in [4.69, 9.17) is 19.0 Å². The number of carbonyl (C=O) groups excluding carboxylic acids is 1. The van der Waals surface area contributed by atoms with Gasteiger partial charge in [-0.05, 0) is 24.3 Å². The number of phenolic OH excluding ortho intramolecular Hbond substituents is 1. The molecule has 0 aliphatic carbocycles. The summed E-state index contributed by atoms with van der Waals surface area (Å²) in [5.74, 6) is -1.68. The van der Waals surface area contributed by atoms with Gasteiger partial charge in [0.1, 0.15) is 29.8 Å². The number of aromatic hydroxyl groups is 1. The van der Waals surface area contributed by atoms with Gasteiger partial charge in [-0.3, -0.25) is 4.79 Å². The number of aryl methyl sites for hydroxylation is 1. The second-order valence-corrected chi connectivity index (χ2v) is 7.92. The number of carboxylic acids is 1. The van der Waals surface area contributed by atoms with Crippen molar-refractivity contribution >= 4 is 11.9 Å². The number of aliphatic hydroxyl groups is 3. The van der Waals surface area contributed by atoms with E-state index in [1.807, 2.05) is 30.3 Å². The molecular formula is C24H23NO10. The summed E-state index contributed by atoms with van der Waals surface area (Å²) in [6.45, 7) is 0. The van der Waals surface area contributed by atoms with Crippen LogP contribution in [0, 0.1) is 0 Å². The van der Waals surface area contributed by atoms with Crippen LogP contribution in [-0.4, -0.2) is 73.2 Å². The number of aliphatic hydroxyl groups excluding tert-OH is 3. The number of hydrogen-bond donors (Lipinski definition) is 5. The molecule has 0 saturated carbocycles. The molecule has 2 heterocycles. The highest BCUT2D eigenvalue weighted by molar-refractivity contribution is 5.77. The van der Waals surface area contributed by atoms with Crippen LogP contribution in [0.1, 0.15) is 12.3 Å². The van der Waals surface area contributed by atoms with E-state index in [2.05, 4.69) is 4.98 Å². The summed E-state index contributed by atoms with van der Waals surface area (Å²) in [4.78, 5) is 28.0. The molecule has 184 valence electrons. The normalized spacial score (nSPS) is 24.1. The van der Waals surface area contributed by atoms with Crippen molar-refractivity contribution < 1.29 is 49.0 Å². The van der Waals surface area contributed by atoms with E-state index in [1.165, 1.54) is 12.1 Å². The number of hydrogen-bond acceptors (Lipinski definition) is 10. The van der Waals surface area contributed by atoms with Gasteiger partial charge in [0.25, 0.3) is 0 Å². The van der Waals surface area contributed by atoms with Crippen LogP contribution in [-0.2, 0) is 25.5 Å². The van der Waals surface area contributed by atoms with Gasteiger partial charge in [-0.2, -0.15) is 0 Å². The first-order valence-electron chi connectivity index (χ1n) is 10.7. The van der Waals surface area contributed by atoms with E-state index in [0.29, 0.717) is 17.0 Å². The number of carbonyl (C=O) groups is 2. The summed E-state index contributed by atoms with van der Waals surface area (Å²) in [6, 6.07) is 15.6. The predicted octanol–water partition coefficient (Wildman–Crippen LogP) is 1.08. The molecule has 0 amide bonds. The minimum atomic E-state index is -1.89. The molecule has 1 saturated heterocycles. The molecule has 5 atom stereocenters. The minimum absolute atomic E-state index is 0.00705. The van der Waals surface area contributed by atoms with E-state index in [9.17, 15) is 30.0 Å². The maximum atomic E-state index is 12.4. The van der Waals surface area contributed by atoms with Gasteiger partial charge >= 0.3 is 11.9 Å². The fraction of sp³-hybridized carbons (Fsp3) is 0.292. The van der Waals surface area contributed by atoms with Crippen molar-refractivity contribution in [3.05, 3.63) is 60.5 Å². The number of phenols is 1. The van der Waals surface area contributed by atoms with Gasteiger partial charge in [0.05, 0.1) is 6.42 Å². The summed E-state index contributed by atoms with van der Waals surface area (Å²) >= 11 is 0. The summed E-state index contributed by atoms with van der Waals surface area (Å²) in [7, 11) is 0. The molecule has 2 aromatic carbocycles. The van der Waals surface area contributed by atoms with Crippen LogP contribution in [0.5, 0.6) is 5.75 Å². The van der Waals surface area contributed by atoms with Crippen molar-refractivity contribution in [2.45, 2.75) is 43.5 Å². The number of ether oxygens (including phenoxy) is 2. The van der Waals surface area contributed by atoms with Crippen molar-refractivity contribution in [3.63, 3.8) is 0 Å². The monoisotopic (exact) mass is 485 g/mol. The molecule has 4 rings (SSSR count). The summed E-state index contributed by atoms with van der Waals surface area (Å²) in [6.07, 6.45) is -9.51. The zero-order valence-electron chi connectivity index (χ0n) is 18.2. The number of benzene rings is 2. The average Bonchev–Trinajstić information content (AvgIpc) is 3.28. The van der Waals surface area contributed by atoms with Gasteiger partial charge in [-0.15, -0.1) is 0 Å². The third-order valence-electron chi connectivity index (χ3n) is 5.45. The molecule has 5 N–H and O–H groups in total. The second-order valence-electron chi connectivity index (χ2n) is 7.92. The van der Waals surface area contributed by atoms with Gasteiger partial charge in [0, 0.05) is 17.5 Å². The van der Waals surface area contributed by atoms with Gasteiger partial charge in [-0.25, -0.2) is 9.78 Å². The molecular weight excluding hydrogens is 462 g/mol. The average molecular weight is 485 g/mol. The molecule has 1 aliphatic heterocycles. The third-order valence-corrected chi connectivity index (χ3v) is 5.45. The maximum Gasteiger partial charge on any atom is 0.335 e. The number of rotatable bonds is 7. The van der Waals surface area contributed by atoms with Gasteiger partial charge in [0.15, 0.2) is 17.8 Å². The van der Waals surface area contributed by atoms with Crippen LogP contribution in [0.25, 0.3) is 22.6 Å². The Balaban J connectivity index is 1.48. The number of aliphatic carboxylic acids is 1. The Labute approximate surface area is 198 Å². The number of nitrogens with zero attached hydrogens (tertiary/aromatic N) is 1. The quantitative estimate of drug-likeness (QED) is 0.302. The van der Waals surface area contributed by atoms with Crippen molar-refractivity contribution in [1.82, 2.24) is 4.98 Å². The highest BCUT2D eigenvalue weighted by Gasteiger charge is 2.48. The molecule has 3 aromatic rings. The highest BCUT2D eigenvalue weighted by Crippen LogP contribution is 2.33. The summed E-state index contributed by atoms with van der Waals surface area (Å²) in [5, 5.41) is 48.3. The largest absolute Gasteiger partial charge is 0.508 e. The van der Waals surface area contributed by atoms with Crippen molar-refractivity contribution in [3.8, 4) is 28.3 Å². The van der Waals surface area contributed by atoms with Crippen LogP contribution in [0.4, 0.5) is 0 Å². The van der Waals surface area contributed by atoms with E-state index in [1.54, 1.807) is 12.1 Å². The van der Waals surface area contributed by atoms with Crippen LogP contribution in [0.15, 0.2) is 59.0 Å². The second kappa shape index (κ2) is 10.2. The Hall–Kier alpha value is -3.77. The van der Waals surface area contributed by atoms with Crippen LogP contribution >= 0.6 is 0 Å². The maximum absolute atomic E-state index is 12.4. The number of esters is 1. The zero-order valence-corrected chi connectivity index (χ0v) is 18.2. The zero-order chi connectivity index (χ0) is 25.1. The topological polar surface area (TPSA) is 180 Å². The number of oxazole rings is 1. The molecule has 11 heteroatoms. The lowest BCUT2D eigenvalue weighted by Gasteiger charge is -2.37. The first-order valence-corrected chi connectivity index (χ1v) is 10.7. The lowest BCUT2D eigenvalue weighted by atomic mass is 9.99. The smallest absolute Gasteiger partial charge is 0.335 e. The SMILES string of the molecule is O=C(CCc1nc(-c2ccc(O)cc2)c(-c2ccccc2)o1)OC1O[C@H](C(=O)O)[C@@H](O)[C@H](O)[C@H]1O. The van der Waals surface area contributed by atoms with Gasteiger partial charge < -0.3 is 39.4 Å². The third kappa shape index (κ3) is 5.33. The Bertz CT molecular complexity index is 1180. The van der Waals surface area contributed by atoms with Crippen LogP contribution < -0.4 is 0 Å². The van der Waals surface area contributed by atoms with Crippen LogP contribution in [0.3, 0.4) is 0 Å². The predicted molar refractivity (Wildman–Crippen MR) is 118 cm³/mol. The van der Waals surface area contributed by atoms with Crippen molar-refractivity contribution in [2.75, 3.05) is 0 Å². The fourth-order valence-electron chi connectivity index (χ4n) is 3.62. The lowest BCUT2D eigenvalue weighted by molar-refractivity contribution is -0.286. The van der Waals surface area contributed by atoms with E-state index in [-0.39, 0.29) is 24.5 Å². The first-order chi connectivity index (χ1) is 16.7. The molecule has 11 nitrogen and oxygen atoms in total. The number of carboxylic acid groups (broad SMARTS) is 1. The Kier molecular flexibility index (Phi) is 7.12. The highest BCUT2D eigenvalue weighted by atomic mass is 16.7. The molecule has 1 aliphatic rings. The molecule has 35 heavy (non-hydrogen) atoms. The molecule has 1 fully saturated rings. The summed E-state index contributed by atoms with van der Waals surface area (Å²) < 4.78 is 15.9. The standard InChI is InChI=1S/C24H23NO10/c26-14-8-6-12(7-9-14)17-21(13-4-2-1-3-5-13)33-15(25-17)10-11-16(27)34-24-20(30)18(28)19(29)22(35-24)23(31)32/h1-9,18-20,22,24,26,28-30H,10-11H2,(H,31,32)/t18-,19-,20+,22-,24?/m0/s1. The van der Waals surface area contributed by atoms with Crippen LogP contribution in [0.2, 0.25) is 0 Å².